The lowest BCUT2D eigenvalue weighted by Crippen LogP contribution is -2.21. The molecule has 126 valence electrons. The molecule has 0 aliphatic carbocycles. The maximum atomic E-state index is 12.7. The minimum absolute atomic E-state index is 0.0990. The monoisotopic (exact) mass is 372 g/mol. The molecular formula is C17H13ClN4O2S. The molecule has 0 radical (unpaired) electrons. The standard InChI is InChI=1S/C17H13ClN4O2S/c1-9-10(2)25-16-14(9)17(23)22(8-19-16)7-13-20-15(21-24-13)11-3-5-12(18)6-4-11/h3-6,8H,7H2,1-2H3. The summed E-state index contributed by atoms with van der Waals surface area (Å²) in [5.41, 5.74) is 1.67. The Hall–Kier alpha value is -2.51. The summed E-state index contributed by atoms with van der Waals surface area (Å²) >= 11 is 7.41. The number of thiophene rings is 1. The van der Waals surface area contributed by atoms with E-state index in [0.29, 0.717) is 22.1 Å². The second-order valence-corrected chi connectivity index (χ2v) is 7.30. The molecule has 8 heteroatoms. The van der Waals surface area contributed by atoms with Crippen molar-refractivity contribution in [2.75, 3.05) is 0 Å². The number of hydrogen-bond acceptors (Lipinski definition) is 6. The molecular weight excluding hydrogens is 360 g/mol. The van der Waals surface area contributed by atoms with E-state index in [9.17, 15) is 4.79 Å². The molecule has 0 N–H and O–H groups in total. The highest BCUT2D eigenvalue weighted by Crippen LogP contribution is 2.25. The molecule has 0 saturated carbocycles. The molecule has 0 aliphatic rings. The summed E-state index contributed by atoms with van der Waals surface area (Å²) in [4.78, 5) is 23.3. The van der Waals surface area contributed by atoms with E-state index in [1.807, 2.05) is 26.0 Å². The predicted octanol–water partition coefficient (Wildman–Crippen LogP) is 3.83. The first-order chi connectivity index (χ1) is 12.0. The van der Waals surface area contributed by atoms with Gasteiger partial charge in [0.2, 0.25) is 11.7 Å². The van der Waals surface area contributed by atoms with Gasteiger partial charge < -0.3 is 4.52 Å². The first kappa shape index (κ1) is 16.0. The van der Waals surface area contributed by atoms with Crippen molar-refractivity contribution in [3.63, 3.8) is 0 Å². The highest BCUT2D eigenvalue weighted by molar-refractivity contribution is 7.18. The quantitative estimate of drug-likeness (QED) is 0.546. The predicted molar refractivity (Wildman–Crippen MR) is 97.2 cm³/mol. The maximum Gasteiger partial charge on any atom is 0.262 e. The van der Waals surface area contributed by atoms with E-state index in [1.54, 1.807) is 12.1 Å². The summed E-state index contributed by atoms with van der Waals surface area (Å²) in [5.74, 6) is 0.800. The molecule has 0 unspecified atom stereocenters. The summed E-state index contributed by atoms with van der Waals surface area (Å²) < 4.78 is 6.76. The van der Waals surface area contributed by atoms with Gasteiger partial charge in [-0.15, -0.1) is 11.3 Å². The first-order valence-electron chi connectivity index (χ1n) is 7.56. The Kier molecular flexibility index (Phi) is 3.89. The molecule has 4 rings (SSSR count). The molecule has 0 aliphatic heterocycles. The fraction of sp³-hybridized carbons (Fsp3) is 0.176. The summed E-state index contributed by atoms with van der Waals surface area (Å²) in [7, 11) is 0. The second-order valence-electron chi connectivity index (χ2n) is 5.66. The van der Waals surface area contributed by atoms with Gasteiger partial charge in [0.05, 0.1) is 11.7 Å². The average molecular weight is 373 g/mol. The van der Waals surface area contributed by atoms with Crippen molar-refractivity contribution in [3.8, 4) is 11.4 Å². The van der Waals surface area contributed by atoms with Gasteiger partial charge in [-0.2, -0.15) is 4.98 Å². The van der Waals surface area contributed by atoms with Crippen LogP contribution in [-0.4, -0.2) is 19.7 Å². The van der Waals surface area contributed by atoms with E-state index in [4.69, 9.17) is 16.1 Å². The molecule has 0 spiro atoms. The van der Waals surface area contributed by atoms with Crippen molar-refractivity contribution < 1.29 is 4.52 Å². The SMILES string of the molecule is Cc1sc2ncn(Cc3nc(-c4ccc(Cl)cc4)no3)c(=O)c2c1C. The molecule has 0 atom stereocenters. The van der Waals surface area contributed by atoms with E-state index >= 15 is 0 Å². The molecule has 0 saturated heterocycles. The van der Waals surface area contributed by atoms with Crippen LogP contribution in [0.25, 0.3) is 21.6 Å². The molecule has 3 heterocycles. The van der Waals surface area contributed by atoms with Gasteiger partial charge in [0.25, 0.3) is 5.56 Å². The lowest BCUT2D eigenvalue weighted by atomic mass is 10.2. The summed E-state index contributed by atoms with van der Waals surface area (Å²) in [6.07, 6.45) is 1.52. The molecule has 25 heavy (non-hydrogen) atoms. The summed E-state index contributed by atoms with van der Waals surface area (Å²) in [6, 6.07) is 7.15. The zero-order valence-corrected chi connectivity index (χ0v) is 15.1. The molecule has 0 fully saturated rings. The van der Waals surface area contributed by atoms with Crippen molar-refractivity contribution in [2.45, 2.75) is 20.4 Å². The van der Waals surface area contributed by atoms with Crippen LogP contribution in [0.3, 0.4) is 0 Å². The number of nitrogens with zero attached hydrogens (tertiary/aromatic N) is 4. The van der Waals surface area contributed by atoms with Gasteiger partial charge in [-0.1, -0.05) is 16.8 Å². The molecule has 0 bridgehead atoms. The first-order valence-corrected chi connectivity index (χ1v) is 8.76. The Morgan fingerprint density at radius 3 is 2.76 bits per heavy atom. The van der Waals surface area contributed by atoms with Crippen LogP contribution >= 0.6 is 22.9 Å². The number of hydrogen-bond donors (Lipinski definition) is 0. The van der Waals surface area contributed by atoms with E-state index < -0.39 is 0 Å². The highest BCUT2D eigenvalue weighted by Gasteiger charge is 2.14. The third-order valence-corrected chi connectivity index (χ3v) is 5.40. The number of benzene rings is 1. The lowest BCUT2D eigenvalue weighted by Gasteiger charge is -2.01. The number of halogens is 1. The van der Waals surface area contributed by atoms with Gasteiger partial charge in [0.15, 0.2) is 0 Å². The van der Waals surface area contributed by atoms with Crippen LogP contribution in [-0.2, 0) is 6.54 Å². The number of fused-ring (bicyclic) bond motifs is 1. The van der Waals surface area contributed by atoms with Crippen LogP contribution in [0.4, 0.5) is 0 Å². The van der Waals surface area contributed by atoms with Crippen LogP contribution in [0.2, 0.25) is 5.02 Å². The van der Waals surface area contributed by atoms with Gasteiger partial charge >= 0.3 is 0 Å². The van der Waals surface area contributed by atoms with Gasteiger partial charge in [-0.05, 0) is 43.7 Å². The van der Waals surface area contributed by atoms with Gasteiger partial charge in [-0.3, -0.25) is 9.36 Å². The number of aromatic nitrogens is 4. The van der Waals surface area contributed by atoms with Crippen LogP contribution in [0.1, 0.15) is 16.3 Å². The van der Waals surface area contributed by atoms with E-state index in [1.165, 1.54) is 22.2 Å². The normalized spacial score (nSPS) is 11.3. The average Bonchev–Trinajstić information content (AvgIpc) is 3.17. The van der Waals surface area contributed by atoms with Crippen LogP contribution in [0.15, 0.2) is 39.9 Å². The Bertz CT molecular complexity index is 1130. The zero-order chi connectivity index (χ0) is 17.6. The van der Waals surface area contributed by atoms with Crippen molar-refractivity contribution in [3.05, 3.63) is 62.3 Å². The Morgan fingerprint density at radius 2 is 2.00 bits per heavy atom. The van der Waals surface area contributed by atoms with Crippen molar-refractivity contribution in [1.29, 1.82) is 0 Å². The van der Waals surface area contributed by atoms with Crippen molar-refractivity contribution in [2.24, 2.45) is 0 Å². The largest absolute Gasteiger partial charge is 0.337 e. The third-order valence-electron chi connectivity index (χ3n) is 4.03. The van der Waals surface area contributed by atoms with Crippen LogP contribution < -0.4 is 5.56 Å². The molecule has 1 aromatic carbocycles. The van der Waals surface area contributed by atoms with E-state index in [2.05, 4.69) is 15.1 Å². The Labute approximate surface area is 151 Å². The van der Waals surface area contributed by atoms with Crippen LogP contribution in [0, 0.1) is 13.8 Å². The van der Waals surface area contributed by atoms with Gasteiger partial charge in [0, 0.05) is 15.5 Å². The fourth-order valence-electron chi connectivity index (χ4n) is 2.56. The van der Waals surface area contributed by atoms with Gasteiger partial charge in [-0.25, -0.2) is 4.98 Å². The summed E-state index contributed by atoms with van der Waals surface area (Å²) in [5, 5.41) is 5.26. The topological polar surface area (TPSA) is 73.8 Å². The minimum atomic E-state index is -0.0990. The fourth-order valence-corrected chi connectivity index (χ4v) is 3.68. The van der Waals surface area contributed by atoms with Gasteiger partial charge in [0.1, 0.15) is 11.4 Å². The number of aryl methyl sites for hydroxylation is 2. The van der Waals surface area contributed by atoms with Crippen molar-refractivity contribution >= 4 is 33.2 Å². The van der Waals surface area contributed by atoms with E-state index in [-0.39, 0.29) is 12.1 Å². The minimum Gasteiger partial charge on any atom is -0.337 e. The molecule has 0 amide bonds. The van der Waals surface area contributed by atoms with Crippen LogP contribution in [0.5, 0.6) is 0 Å². The van der Waals surface area contributed by atoms with Crippen molar-refractivity contribution in [1.82, 2.24) is 19.7 Å². The second kappa shape index (κ2) is 6.09. The maximum absolute atomic E-state index is 12.7. The number of rotatable bonds is 3. The van der Waals surface area contributed by atoms with E-state index in [0.717, 1.165) is 20.8 Å². The smallest absolute Gasteiger partial charge is 0.262 e. The highest BCUT2D eigenvalue weighted by atomic mass is 35.5. The zero-order valence-electron chi connectivity index (χ0n) is 13.5. The Morgan fingerprint density at radius 1 is 1.24 bits per heavy atom. The lowest BCUT2D eigenvalue weighted by molar-refractivity contribution is 0.369. The summed E-state index contributed by atoms with van der Waals surface area (Å²) in [6.45, 7) is 4.10. The third kappa shape index (κ3) is 2.85. The molecule has 4 aromatic rings. The molecule has 3 aromatic heterocycles. The molecule has 6 nitrogen and oxygen atoms in total. The Balaban J connectivity index is 1.68.